The van der Waals surface area contributed by atoms with Crippen LogP contribution < -0.4 is 5.32 Å². The monoisotopic (exact) mass is 355 g/mol. The van der Waals surface area contributed by atoms with Crippen molar-refractivity contribution in [1.82, 2.24) is 5.32 Å². The topological polar surface area (TPSA) is 89.5 Å². The van der Waals surface area contributed by atoms with Crippen LogP contribution in [0.5, 0.6) is 0 Å². The van der Waals surface area contributed by atoms with Gasteiger partial charge in [-0.15, -0.1) is 0 Å². The molecule has 0 saturated carbocycles. The van der Waals surface area contributed by atoms with Crippen molar-refractivity contribution in [3.63, 3.8) is 0 Å². The Morgan fingerprint density at radius 1 is 0.800 bits per heavy atom. The van der Waals surface area contributed by atoms with E-state index >= 15 is 0 Å². The van der Waals surface area contributed by atoms with E-state index in [4.69, 9.17) is 4.74 Å². The van der Waals surface area contributed by atoms with Crippen LogP contribution in [-0.2, 0) is 23.9 Å². The maximum atomic E-state index is 11.7. The Hall–Kier alpha value is -1.56. The summed E-state index contributed by atoms with van der Waals surface area (Å²) < 4.78 is 5.42. The maximum Gasteiger partial charge on any atom is 0.287 e. The fourth-order valence-electron chi connectivity index (χ4n) is 2.10. The molecule has 1 amide bonds. The summed E-state index contributed by atoms with van der Waals surface area (Å²) in [6.07, 6.45) is 2.32. The zero-order chi connectivity index (χ0) is 19.2. The third kappa shape index (κ3) is 13.4. The Bertz CT molecular complexity index is 443. The van der Waals surface area contributed by atoms with Crippen molar-refractivity contribution in [3.05, 3.63) is 0 Å². The highest BCUT2D eigenvalue weighted by Crippen LogP contribution is 2.03. The first-order valence-corrected chi connectivity index (χ1v) is 9.18. The van der Waals surface area contributed by atoms with Gasteiger partial charge in [0.05, 0.1) is 0 Å². The lowest BCUT2D eigenvalue weighted by atomic mass is 10.1. The molecule has 6 heteroatoms. The molecule has 0 aromatic heterocycles. The summed E-state index contributed by atoms with van der Waals surface area (Å²) in [5, 5.41) is 2.49. The van der Waals surface area contributed by atoms with Crippen LogP contribution in [0.4, 0.5) is 0 Å². The Morgan fingerprint density at radius 2 is 1.40 bits per heavy atom. The summed E-state index contributed by atoms with van der Waals surface area (Å²) in [5.74, 6) is -1.22. The van der Waals surface area contributed by atoms with Gasteiger partial charge >= 0.3 is 0 Å². The van der Waals surface area contributed by atoms with Crippen LogP contribution in [0.1, 0.15) is 66.2 Å². The van der Waals surface area contributed by atoms with Crippen LogP contribution in [-0.4, -0.2) is 43.0 Å². The summed E-state index contributed by atoms with van der Waals surface area (Å²) >= 11 is 0. The van der Waals surface area contributed by atoms with Crippen molar-refractivity contribution in [2.24, 2.45) is 11.8 Å². The van der Waals surface area contributed by atoms with Gasteiger partial charge in [-0.2, -0.15) is 0 Å². The van der Waals surface area contributed by atoms with E-state index in [0.29, 0.717) is 32.0 Å². The summed E-state index contributed by atoms with van der Waals surface area (Å²) in [5.41, 5.74) is 0. The number of amides is 1. The molecule has 0 heterocycles. The highest BCUT2D eigenvalue weighted by atomic mass is 16.5. The highest BCUT2D eigenvalue weighted by molar-refractivity contribution is 6.37. The second-order valence-corrected chi connectivity index (χ2v) is 7.15. The molecular weight excluding hydrogens is 322 g/mol. The molecule has 0 fully saturated rings. The first-order valence-electron chi connectivity index (χ1n) is 9.18. The minimum absolute atomic E-state index is 0.0985. The van der Waals surface area contributed by atoms with Gasteiger partial charge in [-0.25, -0.2) is 0 Å². The molecule has 0 atom stereocenters. The van der Waals surface area contributed by atoms with E-state index in [0.717, 1.165) is 6.42 Å². The Kier molecular flexibility index (Phi) is 12.8. The lowest BCUT2D eigenvalue weighted by Gasteiger charge is -2.06. The molecule has 0 aliphatic carbocycles. The molecule has 0 aromatic carbocycles. The largest absolute Gasteiger partial charge is 0.381 e. The molecule has 0 aromatic rings. The number of unbranched alkanes of at least 4 members (excludes halogenated alkanes) is 1. The summed E-state index contributed by atoms with van der Waals surface area (Å²) in [6, 6.07) is 0. The predicted octanol–water partition coefficient (Wildman–Crippen LogP) is 2.48. The lowest BCUT2D eigenvalue weighted by molar-refractivity contribution is -0.138. The molecule has 0 rings (SSSR count). The number of carbonyl (C=O) groups is 4. The number of nitrogens with one attached hydrogen (secondary N) is 1. The highest BCUT2D eigenvalue weighted by Gasteiger charge is 2.16. The minimum Gasteiger partial charge on any atom is -0.381 e. The van der Waals surface area contributed by atoms with Crippen LogP contribution in [0, 0.1) is 11.8 Å². The van der Waals surface area contributed by atoms with E-state index in [-0.39, 0.29) is 37.5 Å². The SMILES string of the molecule is CC(C)COCCCCC(=O)C(=O)CCCNC(=O)C(=O)CC(C)C. The Morgan fingerprint density at radius 3 is 1.96 bits per heavy atom. The van der Waals surface area contributed by atoms with Crippen molar-refractivity contribution in [1.29, 1.82) is 0 Å². The van der Waals surface area contributed by atoms with Crippen LogP contribution in [0.3, 0.4) is 0 Å². The zero-order valence-electron chi connectivity index (χ0n) is 16.1. The molecule has 0 unspecified atom stereocenters. The van der Waals surface area contributed by atoms with Gasteiger partial charge in [0.15, 0.2) is 11.6 Å². The average molecular weight is 355 g/mol. The van der Waals surface area contributed by atoms with Gasteiger partial charge in [-0.3, -0.25) is 19.2 Å². The number of ketones is 3. The maximum absolute atomic E-state index is 11.7. The fraction of sp³-hybridized carbons (Fsp3) is 0.789. The Labute approximate surface area is 151 Å². The van der Waals surface area contributed by atoms with Crippen molar-refractivity contribution < 1.29 is 23.9 Å². The van der Waals surface area contributed by atoms with Crippen molar-refractivity contribution in [2.75, 3.05) is 19.8 Å². The minimum atomic E-state index is -0.617. The molecule has 144 valence electrons. The van der Waals surface area contributed by atoms with Crippen molar-refractivity contribution in [3.8, 4) is 0 Å². The van der Waals surface area contributed by atoms with E-state index < -0.39 is 17.5 Å². The number of rotatable bonds is 15. The molecule has 0 aliphatic heterocycles. The molecule has 25 heavy (non-hydrogen) atoms. The lowest BCUT2D eigenvalue weighted by Crippen LogP contribution is -2.32. The third-order valence-electron chi connectivity index (χ3n) is 3.42. The van der Waals surface area contributed by atoms with Gasteiger partial charge < -0.3 is 10.1 Å². The van der Waals surface area contributed by atoms with Gasteiger partial charge in [0.1, 0.15) is 0 Å². The molecule has 0 radical (unpaired) electrons. The van der Waals surface area contributed by atoms with E-state index in [1.54, 1.807) is 0 Å². The predicted molar refractivity (Wildman–Crippen MR) is 96.2 cm³/mol. The molecule has 0 saturated heterocycles. The molecular formula is C19H33NO5. The Balaban J connectivity index is 3.72. The molecule has 1 N–H and O–H groups in total. The average Bonchev–Trinajstić information content (AvgIpc) is 2.53. The van der Waals surface area contributed by atoms with Crippen LogP contribution in [0.15, 0.2) is 0 Å². The van der Waals surface area contributed by atoms with Gasteiger partial charge in [0.2, 0.25) is 5.78 Å². The second-order valence-electron chi connectivity index (χ2n) is 7.15. The number of hydrogen-bond acceptors (Lipinski definition) is 5. The smallest absolute Gasteiger partial charge is 0.287 e. The summed E-state index contributed by atoms with van der Waals surface area (Å²) in [7, 11) is 0. The van der Waals surface area contributed by atoms with E-state index in [1.807, 2.05) is 13.8 Å². The molecule has 0 spiro atoms. The number of Topliss-reactive ketones (excluding diaryl/α,β-unsaturated/α-hetero) is 3. The van der Waals surface area contributed by atoms with Crippen molar-refractivity contribution in [2.45, 2.75) is 66.2 Å². The van der Waals surface area contributed by atoms with Gasteiger partial charge in [-0.1, -0.05) is 27.7 Å². The normalized spacial score (nSPS) is 11.0. The standard InChI is InChI=1S/C19H33NO5/c1-14(2)12-18(23)19(24)20-10-7-9-17(22)16(21)8-5-6-11-25-13-15(3)4/h14-15H,5-13H2,1-4H3,(H,20,24). The summed E-state index contributed by atoms with van der Waals surface area (Å²) in [4.78, 5) is 46.4. The summed E-state index contributed by atoms with van der Waals surface area (Å²) in [6.45, 7) is 9.42. The van der Waals surface area contributed by atoms with E-state index in [2.05, 4.69) is 19.2 Å². The van der Waals surface area contributed by atoms with E-state index in [1.165, 1.54) is 0 Å². The van der Waals surface area contributed by atoms with Crippen LogP contribution in [0.25, 0.3) is 0 Å². The van der Waals surface area contributed by atoms with Crippen LogP contribution >= 0.6 is 0 Å². The van der Waals surface area contributed by atoms with Gasteiger partial charge in [0.25, 0.3) is 5.91 Å². The fourth-order valence-corrected chi connectivity index (χ4v) is 2.10. The van der Waals surface area contributed by atoms with Gasteiger partial charge in [-0.05, 0) is 31.1 Å². The first kappa shape index (κ1) is 23.4. The zero-order valence-corrected chi connectivity index (χ0v) is 16.1. The first-order chi connectivity index (χ1) is 11.7. The van der Waals surface area contributed by atoms with Crippen LogP contribution in [0.2, 0.25) is 0 Å². The van der Waals surface area contributed by atoms with E-state index in [9.17, 15) is 19.2 Å². The quantitative estimate of drug-likeness (QED) is 0.360. The third-order valence-corrected chi connectivity index (χ3v) is 3.42. The number of ether oxygens (including phenoxy) is 1. The van der Waals surface area contributed by atoms with Gasteiger partial charge in [0, 0.05) is 39.0 Å². The number of hydrogen-bond donors (Lipinski definition) is 1. The molecule has 0 aliphatic rings. The number of carbonyl (C=O) groups excluding carboxylic acids is 4. The second kappa shape index (κ2) is 13.7. The van der Waals surface area contributed by atoms with Crippen molar-refractivity contribution >= 4 is 23.3 Å². The molecule has 0 bridgehead atoms. The molecule has 6 nitrogen and oxygen atoms in total.